The highest BCUT2D eigenvalue weighted by molar-refractivity contribution is 6.00. The SMILES string of the molecule is CCc1ccc(N=C(C)c2c(C)[nH]n(-c3ccc(F)cc3)c2=O)cc1. The average Bonchev–Trinajstić information content (AvgIpc) is 2.91. The third-order valence-electron chi connectivity index (χ3n) is 4.16. The minimum absolute atomic E-state index is 0.199. The molecule has 3 aromatic rings. The Morgan fingerprint density at radius 2 is 1.76 bits per heavy atom. The molecule has 128 valence electrons. The standard InChI is InChI=1S/C20H20FN3O/c1-4-15-5-9-17(10-6-15)22-13(2)19-14(3)23-24(20(19)25)18-11-7-16(21)8-12-18/h5-12,23H,4H2,1-3H3. The Labute approximate surface area is 145 Å². The molecule has 1 heterocycles. The van der Waals surface area contributed by atoms with Crippen LogP contribution < -0.4 is 5.56 Å². The molecule has 0 amide bonds. The zero-order valence-corrected chi connectivity index (χ0v) is 14.5. The van der Waals surface area contributed by atoms with Crippen LogP contribution in [0.15, 0.2) is 58.3 Å². The number of halogens is 1. The maximum absolute atomic E-state index is 13.1. The molecule has 0 fully saturated rings. The first-order valence-electron chi connectivity index (χ1n) is 8.21. The fourth-order valence-corrected chi connectivity index (χ4v) is 2.80. The van der Waals surface area contributed by atoms with Crippen LogP contribution in [0.25, 0.3) is 5.69 Å². The lowest BCUT2D eigenvalue weighted by molar-refractivity contribution is 0.627. The molecule has 4 nitrogen and oxygen atoms in total. The van der Waals surface area contributed by atoms with Crippen LogP contribution in [-0.2, 0) is 6.42 Å². The van der Waals surface area contributed by atoms with Crippen molar-refractivity contribution >= 4 is 11.4 Å². The van der Waals surface area contributed by atoms with Gasteiger partial charge < -0.3 is 0 Å². The highest BCUT2D eigenvalue weighted by Gasteiger charge is 2.15. The van der Waals surface area contributed by atoms with E-state index in [-0.39, 0.29) is 11.4 Å². The van der Waals surface area contributed by atoms with Gasteiger partial charge in [0.15, 0.2) is 0 Å². The van der Waals surface area contributed by atoms with Gasteiger partial charge in [-0.2, -0.15) is 0 Å². The van der Waals surface area contributed by atoms with E-state index in [9.17, 15) is 9.18 Å². The van der Waals surface area contributed by atoms with Gasteiger partial charge in [-0.15, -0.1) is 0 Å². The lowest BCUT2D eigenvalue weighted by Gasteiger charge is -2.01. The third kappa shape index (κ3) is 3.45. The highest BCUT2D eigenvalue weighted by atomic mass is 19.1. The number of aromatic amines is 1. The fraction of sp³-hybridized carbons (Fsp3) is 0.200. The average molecular weight is 337 g/mol. The number of aliphatic imine (C=N–C) groups is 1. The Hall–Kier alpha value is -2.95. The van der Waals surface area contributed by atoms with Gasteiger partial charge in [-0.05, 0) is 62.2 Å². The van der Waals surface area contributed by atoms with Gasteiger partial charge in [0, 0.05) is 5.69 Å². The van der Waals surface area contributed by atoms with Crippen molar-refractivity contribution < 1.29 is 4.39 Å². The van der Waals surface area contributed by atoms with Crippen molar-refractivity contribution in [2.24, 2.45) is 4.99 Å². The van der Waals surface area contributed by atoms with Crippen LogP contribution in [0.2, 0.25) is 0 Å². The van der Waals surface area contributed by atoms with E-state index < -0.39 is 0 Å². The molecule has 0 spiro atoms. The van der Waals surface area contributed by atoms with Gasteiger partial charge in [0.1, 0.15) is 5.82 Å². The van der Waals surface area contributed by atoms with Crippen LogP contribution in [0.1, 0.15) is 30.7 Å². The molecule has 0 bridgehead atoms. The minimum atomic E-state index is -0.339. The molecule has 2 aromatic carbocycles. The van der Waals surface area contributed by atoms with Gasteiger partial charge >= 0.3 is 0 Å². The molecule has 0 radical (unpaired) electrons. The normalized spacial score (nSPS) is 11.8. The summed E-state index contributed by atoms with van der Waals surface area (Å²) in [5.74, 6) is -0.339. The van der Waals surface area contributed by atoms with E-state index in [1.54, 1.807) is 12.1 Å². The second kappa shape index (κ2) is 6.89. The topological polar surface area (TPSA) is 50.1 Å². The fourth-order valence-electron chi connectivity index (χ4n) is 2.80. The Balaban J connectivity index is 2.00. The number of aryl methyl sites for hydroxylation is 2. The van der Waals surface area contributed by atoms with Crippen molar-refractivity contribution in [2.45, 2.75) is 27.2 Å². The maximum atomic E-state index is 13.1. The summed E-state index contributed by atoms with van der Waals surface area (Å²) in [6, 6.07) is 13.7. The van der Waals surface area contributed by atoms with Crippen LogP contribution in [0.4, 0.5) is 10.1 Å². The summed E-state index contributed by atoms with van der Waals surface area (Å²) in [4.78, 5) is 17.3. The summed E-state index contributed by atoms with van der Waals surface area (Å²) >= 11 is 0. The molecule has 0 atom stereocenters. The number of rotatable bonds is 4. The van der Waals surface area contributed by atoms with Crippen LogP contribution in [-0.4, -0.2) is 15.5 Å². The zero-order valence-electron chi connectivity index (χ0n) is 14.5. The summed E-state index contributed by atoms with van der Waals surface area (Å²) in [5, 5.41) is 3.03. The van der Waals surface area contributed by atoms with Gasteiger partial charge in [-0.25, -0.2) is 9.07 Å². The smallest absolute Gasteiger partial charge is 0.280 e. The van der Waals surface area contributed by atoms with Gasteiger partial charge in [0.2, 0.25) is 0 Å². The number of aromatic nitrogens is 2. The molecule has 0 saturated heterocycles. The molecule has 1 aromatic heterocycles. The second-order valence-electron chi connectivity index (χ2n) is 5.95. The molecule has 1 N–H and O–H groups in total. The molecule has 3 rings (SSSR count). The number of benzene rings is 2. The summed E-state index contributed by atoms with van der Waals surface area (Å²) in [5.41, 5.74) is 4.33. The van der Waals surface area contributed by atoms with E-state index in [0.29, 0.717) is 17.0 Å². The highest BCUT2D eigenvalue weighted by Crippen LogP contribution is 2.16. The third-order valence-corrected chi connectivity index (χ3v) is 4.16. The van der Waals surface area contributed by atoms with Crippen molar-refractivity contribution in [3.8, 4) is 5.69 Å². The Kier molecular flexibility index (Phi) is 4.65. The summed E-state index contributed by atoms with van der Waals surface area (Å²) in [6.45, 7) is 5.75. The van der Waals surface area contributed by atoms with E-state index in [0.717, 1.165) is 17.8 Å². The first-order chi connectivity index (χ1) is 12.0. The van der Waals surface area contributed by atoms with Crippen molar-refractivity contribution in [3.63, 3.8) is 0 Å². The minimum Gasteiger partial charge on any atom is -0.295 e. The number of nitrogens with one attached hydrogen (secondary N) is 1. The van der Waals surface area contributed by atoms with E-state index in [4.69, 9.17) is 0 Å². The van der Waals surface area contributed by atoms with Crippen LogP contribution in [0, 0.1) is 12.7 Å². The Morgan fingerprint density at radius 1 is 1.12 bits per heavy atom. The first-order valence-corrected chi connectivity index (χ1v) is 8.21. The van der Waals surface area contributed by atoms with Gasteiger partial charge in [-0.1, -0.05) is 19.1 Å². The molecule has 25 heavy (non-hydrogen) atoms. The number of hydrogen-bond donors (Lipinski definition) is 1. The number of hydrogen-bond acceptors (Lipinski definition) is 2. The van der Waals surface area contributed by atoms with Crippen molar-refractivity contribution in [3.05, 3.63) is 81.5 Å². The predicted molar refractivity (Wildman–Crippen MR) is 98.8 cm³/mol. The van der Waals surface area contributed by atoms with Crippen LogP contribution in [0.5, 0.6) is 0 Å². The zero-order chi connectivity index (χ0) is 18.0. The molecule has 0 unspecified atom stereocenters. The molecule has 0 aliphatic carbocycles. The Morgan fingerprint density at radius 3 is 2.36 bits per heavy atom. The van der Waals surface area contributed by atoms with Crippen molar-refractivity contribution in [1.82, 2.24) is 9.78 Å². The summed E-state index contributed by atoms with van der Waals surface area (Å²) < 4.78 is 14.5. The first kappa shape index (κ1) is 16.9. The molecular formula is C20H20FN3O. The number of nitrogens with zero attached hydrogens (tertiary/aromatic N) is 2. The largest absolute Gasteiger partial charge is 0.295 e. The van der Waals surface area contributed by atoms with Crippen LogP contribution >= 0.6 is 0 Å². The van der Waals surface area contributed by atoms with Gasteiger partial charge in [-0.3, -0.25) is 14.9 Å². The van der Waals surface area contributed by atoms with E-state index >= 15 is 0 Å². The second-order valence-corrected chi connectivity index (χ2v) is 5.95. The molecule has 0 saturated carbocycles. The molecule has 0 aliphatic rings. The molecule has 5 heteroatoms. The monoisotopic (exact) mass is 337 g/mol. The lowest BCUT2D eigenvalue weighted by Crippen LogP contribution is -2.19. The van der Waals surface area contributed by atoms with E-state index in [1.807, 2.05) is 38.1 Å². The molecule has 0 aliphatic heterocycles. The number of H-pyrrole nitrogens is 1. The summed E-state index contributed by atoms with van der Waals surface area (Å²) in [7, 11) is 0. The quantitative estimate of drug-likeness (QED) is 0.708. The van der Waals surface area contributed by atoms with E-state index in [2.05, 4.69) is 17.0 Å². The molecular weight excluding hydrogens is 317 g/mol. The predicted octanol–water partition coefficient (Wildman–Crippen LogP) is 4.32. The van der Waals surface area contributed by atoms with Gasteiger partial charge in [0.05, 0.1) is 22.6 Å². The van der Waals surface area contributed by atoms with Crippen molar-refractivity contribution in [2.75, 3.05) is 0 Å². The Bertz CT molecular complexity index is 964. The van der Waals surface area contributed by atoms with E-state index in [1.165, 1.54) is 22.4 Å². The van der Waals surface area contributed by atoms with Crippen LogP contribution in [0.3, 0.4) is 0 Å². The lowest BCUT2D eigenvalue weighted by atomic mass is 10.1. The maximum Gasteiger partial charge on any atom is 0.280 e. The summed E-state index contributed by atoms with van der Waals surface area (Å²) in [6.07, 6.45) is 0.974. The van der Waals surface area contributed by atoms with Crippen molar-refractivity contribution in [1.29, 1.82) is 0 Å². The van der Waals surface area contributed by atoms with Gasteiger partial charge in [0.25, 0.3) is 5.56 Å².